The van der Waals surface area contributed by atoms with E-state index in [2.05, 4.69) is 92.5 Å². The number of hydrogen-bond donors (Lipinski definition) is 0. The largest absolute Gasteiger partial charge is 0.457 e. The summed E-state index contributed by atoms with van der Waals surface area (Å²) in [6.07, 6.45) is 1.62. The molecule has 1 nitrogen and oxygen atoms in total. The van der Waals surface area contributed by atoms with Crippen LogP contribution in [0.5, 0.6) is 11.5 Å². The summed E-state index contributed by atoms with van der Waals surface area (Å²) in [5, 5.41) is 0. The number of rotatable bonds is 6. The molecule has 0 heterocycles. The van der Waals surface area contributed by atoms with Crippen LogP contribution in [-0.2, 0) is 12.8 Å². The molecule has 0 aliphatic heterocycles. The Hall–Kier alpha value is -2.36. The quantitative estimate of drug-likeness (QED) is 0.255. The van der Waals surface area contributed by atoms with Crippen molar-refractivity contribution in [3.8, 4) is 11.5 Å². The van der Waals surface area contributed by atoms with Crippen molar-refractivity contribution in [3.63, 3.8) is 0 Å². The predicted molar refractivity (Wildman–Crippen MR) is 127 cm³/mol. The van der Waals surface area contributed by atoms with E-state index in [0.29, 0.717) is 0 Å². The topological polar surface area (TPSA) is 9.23 Å². The van der Waals surface area contributed by atoms with E-state index in [1.807, 2.05) is 36.4 Å². The third kappa shape index (κ3) is 4.98. The number of benzene rings is 4. The van der Waals surface area contributed by atoms with Crippen molar-refractivity contribution in [2.45, 2.75) is 12.8 Å². The molecular formula is C26H20Br2O. The Balaban J connectivity index is 1.62. The Morgan fingerprint density at radius 2 is 0.793 bits per heavy atom. The summed E-state index contributed by atoms with van der Waals surface area (Å²) in [7, 11) is 0. The van der Waals surface area contributed by atoms with Crippen LogP contribution in [0.15, 0.2) is 106 Å². The standard InChI is InChI=1S/C26H20Br2O/c27-23-13-5-1-9-19(23)17-21-11-3-7-15-25(21)29-26-16-8-4-12-22(26)18-20-10-2-6-14-24(20)28/h1-16H,17-18H2. The van der Waals surface area contributed by atoms with Gasteiger partial charge in [0.15, 0.2) is 0 Å². The van der Waals surface area contributed by atoms with Gasteiger partial charge in [-0.15, -0.1) is 0 Å². The predicted octanol–water partition coefficient (Wildman–Crippen LogP) is 8.19. The van der Waals surface area contributed by atoms with Crippen molar-refractivity contribution in [1.82, 2.24) is 0 Å². The van der Waals surface area contributed by atoms with Crippen LogP contribution in [0, 0.1) is 0 Å². The fourth-order valence-corrected chi connectivity index (χ4v) is 4.16. The molecule has 0 spiro atoms. The van der Waals surface area contributed by atoms with Crippen LogP contribution in [0.25, 0.3) is 0 Å². The number of hydrogen-bond acceptors (Lipinski definition) is 1. The minimum absolute atomic E-state index is 0.810. The van der Waals surface area contributed by atoms with Crippen LogP contribution in [-0.4, -0.2) is 0 Å². The summed E-state index contributed by atoms with van der Waals surface area (Å²) < 4.78 is 8.66. The molecule has 0 radical (unpaired) electrons. The van der Waals surface area contributed by atoms with Gasteiger partial charge in [-0.3, -0.25) is 0 Å². The molecule has 29 heavy (non-hydrogen) atoms. The van der Waals surface area contributed by atoms with Crippen LogP contribution in [0.4, 0.5) is 0 Å². The van der Waals surface area contributed by atoms with E-state index in [0.717, 1.165) is 44.4 Å². The Morgan fingerprint density at radius 3 is 1.21 bits per heavy atom. The lowest BCUT2D eigenvalue weighted by atomic mass is 10.0. The van der Waals surface area contributed by atoms with Gasteiger partial charge < -0.3 is 4.74 Å². The highest BCUT2D eigenvalue weighted by Crippen LogP contribution is 2.32. The first-order valence-electron chi connectivity index (χ1n) is 9.51. The smallest absolute Gasteiger partial charge is 0.130 e. The molecule has 4 rings (SSSR count). The summed E-state index contributed by atoms with van der Waals surface area (Å²) in [6, 6.07) is 33.2. The second-order valence-electron chi connectivity index (χ2n) is 6.85. The molecule has 4 aromatic carbocycles. The first-order chi connectivity index (χ1) is 14.2. The Kier molecular flexibility index (Phi) is 6.48. The van der Waals surface area contributed by atoms with Crippen molar-refractivity contribution in [2.75, 3.05) is 0 Å². The highest BCUT2D eigenvalue weighted by Gasteiger charge is 2.11. The monoisotopic (exact) mass is 506 g/mol. The fraction of sp³-hybridized carbons (Fsp3) is 0.0769. The van der Waals surface area contributed by atoms with E-state index < -0.39 is 0 Å². The zero-order valence-corrected chi connectivity index (χ0v) is 19.0. The minimum atomic E-state index is 0.810. The van der Waals surface area contributed by atoms with E-state index in [9.17, 15) is 0 Å². The van der Waals surface area contributed by atoms with E-state index in [1.165, 1.54) is 11.1 Å². The summed E-state index contributed by atoms with van der Waals surface area (Å²) in [5.74, 6) is 1.78. The Bertz CT molecular complexity index is 1030. The molecule has 0 saturated carbocycles. The molecule has 144 valence electrons. The molecule has 4 aromatic rings. The average Bonchev–Trinajstić information content (AvgIpc) is 2.74. The molecule has 0 atom stereocenters. The summed E-state index contributed by atoms with van der Waals surface area (Å²) in [4.78, 5) is 0. The molecule has 0 fully saturated rings. The zero-order chi connectivity index (χ0) is 20.1. The molecule has 0 bridgehead atoms. The van der Waals surface area contributed by atoms with Gasteiger partial charge in [-0.05, 0) is 46.5 Å². The maximum Gasteiger partial charge on any atom is 0.130 e. The van der Waals surface area contributed by atoms with Crippen LogP contribution < -0.4 is 4.74 Å². The molecule has 0 aliphatic rings. The van der Waals surface area contributed by atoms with Gasteiger partial charge in [-0.1, -0.05) is 105 Å². The molecular weight excluding hydrogens is 488 g/mol. The van der Waals surface area contributed by atoms with Crippen LogP contribution >= 0.6 is 31.9 Å². The number of ether oxygens (including phenoxy) is 1. The normalized spacial score (nSPS) is 10.7. The van der Waals surface area contributed by atoms with E-state index in [1.54, 1.807) is 0 Å². The lowest BCUT2D eigenvalue weighted by molar-refractivity contribution is 0.472. The molecule has 0 amide bonds. The highest BCUT2D eigenvalue weighted by atomic mass is 79.9. The molecule has 0 unspecified atom stereocenters. The average molecular weight is 508 g/mol. The van der Waals surface area contributed by atoms with Gasteiger partial charge >= 0.3 is 0 Å². The van der Waals surface area contributed by atoms with Gasteiger partial charge in [0, 0.05) is 21.8 Å². The van der Waals surface area contributed by atoms with Gasteiger partial charge in [0.2, 0.25) is 0 Å². The van der Waals surface area contributed by atoms with Crippen molar-refractivity contribution >= 4 is 31.9 Å². The van der Waals surface area contributed by atoms with E-state index in [4.69, 9.17) is 4.74 Å². The van der Waals surface area contributed by atoms with Crippen molar-refractivity contribution in [1.29, 1.82) is 0 Å². The first kappa shape index (κ1) is 19.9. The van der Waals surface area contributed by atoms with Gasteiger partial charge in [-0.2, -0.15) is 0 Å². The number of para-hydroxylation sites is 2. The Labute approximate surface area is 188 Å². The lowest BCUT2D eigenvalue weighted by Gasteiger charge is -2.15. The van der Waals surface area contributed by atoms with Crippen molar-refractivity contribution in [2.24, 2.45) is 0 Å². The molecule has 3 heteroatoms. The summed E-state index contributed by atoms with van der Waals surface area (Å²) >= 11 is 7.31. The van der Waals surface area contributed by atoms with Gasteiger partial charge in [0.25, 0.3) is 0 Å². The number of halogens is 2. The third-order valence-corrected chi connectivity index (χ3v) is 6.39. The second kappa shape index (κ2) is 9.43. The van der Waals surface area contributed by atoms with Gasteiger partial charge in [-0.25, -0.2) is 0 Å². The first-order valence-corrected chi connectivity index (χ1v) is 11.1. The SMILES string of the molecule is Brc1ccccc1Cc1ccccc1Oc1ccccc1Cc1ccccc1Br. The van der Waals surface area contributed by atoms with E-state index >= 15 is 0 Å². The zero-order valence-electron chi connectivity index (χ0n) is 15.8. The van der Waals surface area contributed by atoms with Gasteiger partial charge in [0.05, 0.1) is 0 Å². The third-order valence-electron chi connectivity index (χ3n) is 4.84. The van der Waals surface area contributed by atoms with Crippen molar-refractivity contribution in [3.05, 3.63) is 128 Å². The van der Waals surface area contributed by atoms with Crippen LogP contribution in [0.1, 0.15) is 22.3 Å². The fourth-order valence-electron chi connectivity index (χ4n) is 3.31. The summed E-state index contributed by atoms with van der Waals surface area (Å²) in [6.45, 7) is 0. The highest BCUT2D eigenvalue weighted by molar-refractivity contribution is 9.10. The van der Waals surface area contributed by atoms with Crippen LogP contribution in [0.2, 0.25) is 0 Å². The molecule has 0 saturated heterocycles. The molecule has 0 aliphatic carbocycles. The second-order valence-corrected chi connectivity index (χ2v) is 8.56. The molecule has 0 aromatic heterocycles. The summed E-state index contributed by atoms with van der Waals surface area (Å²) in [5.41, 5.74) is 4.81. The van der Waals surface area contributed by atoms with Gasteiger partial charge in [0.1, 0.15) is 11.5 Å². The maximum absolute atomic E-state index is 6.43. The van der Waals surface area contributed by atoms with E-state index in [-0.39, 0.29) is 0 Å². The maximum atomic E-state index is 6.43. The lowest BCUT2D eigenvalue weighted by Crippen LogP contribution is -1.98. The minimum Gasteiger partial charge on any atom is -0.457 e. The molecule has 0 N–H and O–H groups in total. The van der Waals surface area contributed by atoms with Crippen LogP contribution in [0.3, 0.4) is 0 Å². The Morgan fingerprint density at radius 1 is 0.448 bits per heavy atom. The van der Waals surface area contributed by atoms with Crippen molar-refractivity contribution < 1.29 is 4.74 Å².